The van der Waals surface area contributed by atoms with E-state index >= 15 is 0 Å². The van der Waals surface area contributed by atoms with Gasteiger partial charge in [0, 0.05) is 17.5 Å². The van der Waals surface area contributed by atoms with Gasteiger partial charge < -0.3 is 5.32 Å². The molecule has 2 aromatic rings. The van der Waals surface area contributed by atoms with Crippen molar-refractivity contribution in [1.29, 1.82) is 0 Å². The highest BCUT2D eigenvalue weighted by molar-refractivity contribution is 7.11. The smallest absolute Gasteiger partial charge is 0.220 e. The van der Waals surface area contributed by atoms with Crippen LogP contribution in [0.25, 0.3) is 0 Å². The summed E-state index contributed by atoms with van der Waals surface area (Å²) in [5, 5.41) is 10.8. The molecule has 2 N–H and O–H groups in total. The highest BCUT2D eigenvalue weighted by Crippen LogP contribution is 2.18. The van der Waals surface area contributed by atoms with Gasteiger partial charge in [-0.15, -0.1) is 11.3 Å². The normalized spacial score (nSPS) is 10.7. The number of thiazole rings is 1. The third-order valence-corrected chi connectivity index (χ3v) is 4.41. The van der Waals surface area contributed by atoms with Crippen molar-refractivity contribution in [1.82, 2.24) is 20.5 Å². The Labute approximate surface area is 122 Å². The fraction of sp³-hybridized carbons (Fsp3) is 0.500. The molecule has 2 rings (SSSR count). The molecule has 0 aliphatic rings. The van der Waals surface area contributed by atoms with Gasteiger partial charge in [-0.25, -0.2) is 4.98 Å². The van der Waals surface area contributed by atoms with Crippen LogP contribution in [0, 0.1) is 6.92 Å². The van der Waals surface area contributed by atoms with Gasteiger partial charge in [0.1, 0.15) is 0 Å². The molecular formula is C14H20N4OS. The SMILES string of the molecule is CCc1nc(C)c(CNC(=O)CCCc2cn[nH]c2)s1. The lowest BCUT2D eigenvalue weighted by Crippen LogP contribution is -2.22. The number of hydrogen-bond acceptors (Lipinski definition) is 4. The fourth-order valence-electron chi connectivity index (χ4n) is 1.94. The second kappa shape index (κ2) is 7.19. The summed E-state index contributed by atoms with van der Waals surface area (Å²) in [5.41, 5.74) is 2.18. The lowest BCUT2D eigenvalue weighted by atomic mass is 10.1. The van der Waals surface area contributed by atoms with Gasteiger partial charge in [-0.1, -0.05) is 6.92 Å². The Bertz CT molecular complexity index is 548. The minimum Gasteiger partial charge on any atom is -0.351 e. The Morgan fingerprint density at radius 2 is 2.35 bits per heavy atom. The first-order valence-corrected chi connectivity index (χ1v) is 7.70. The van der Waals surface area contributed by atoms with Crippen molar-refractivity contribution in [3.63, 3.8) is 0 Å². The van der Waals surface area contributed by atoms with Crippen LogP contribution in [-0.4, -0.2) is 21.1 Å². The molecule has 5 nitrogen and oxygen atoms in total. The Kier molecular flexibility index (Phi) is 5.29. The number of nitrogens with zero attached hydrogens (tertiary/aromatic N) is 2. The summed E-state index contributed by atoms with van der Waals surface area (Å²) in [4.78, 5) is 17.4. The van der Waals surface area contributed by atoms with Crippen molar-refractivity contribution in [2.24, 2.45) is 0 Å². The molecule has 0 aromatic carbocycles. The average Bonchev–Trinajstić information content (AvgIpc) is 3.06. The fourth-order valence-corrected chi connectivity index (χ4v) is 2.89. The van der Waals surface area contributed by atoms with E-state index in [0.29, 0.717) is 13.0 Å². The maximum absolute atomic E-state index is 11.8. The quantitative estimate of drug-likeness (QED) is 0.823. The molecule has 108 valence electrons. The summed E-state index contributed by atoms with van der Waals surface area (Å²) in [5.74, 6) is 0.0966. The van der Waals surface area contributed by atoms with E-state index in [1.807, 2.05) is 13.1 Å². The van der Waals surface area contributed by atoms with Gasteiger partial charge >= 0.3 is 0 Å². The van der Waals surface area contributed by atoms with E-state index in [1.54, 1.807) is 17.5 Å². The number of carbonyl (C=O) groups is 1. The zero-order valence-electron chi connectivity index (χ0n) is 11.9. The van der Waals surface area contributed by atoms with Crippen molar-refractivity contribution < 1.29 is 4.79 Å². The first-order valence-electron chi connectivity index (χ1n) is 6.88. The molecular weight excluding hydrogens is 272 g/mol. The molecule has 0 bridgehead atoms. The highest BCUT2D eigenvalue weighted by atomic mass is 32.1. The third-order valence-electron chi connectivity index (χ3n) is 3.11. The predicted molar refractivity (Wildman–Crippen MR) is 79.6 cm³/mol. The van der Waals surface area contributed by atoms with Crippen LogP contribution >= 0.6 is 11.3 Å². The molecule has 0 radical (unpaired) electrons. The summed E-state index contributed by atoms with van der Waals surface area (Å²) in [6.45, 7) is 4.68. The molecule has 0 spiro atoms. The molecule has 0 aliphatic carbocycles. The Morgan fingerprint density at radius 1 is 1.50 bits per heavy atom. The van der Waals surface area contributed by atoms with E-state index in [1.165, 1.54) is 0 Å². The predicted octanol–water partition coefficient (Wildman–Crippen LogP) is 2.38. The van der Waals surface area contributed by atoms with Crippen LogP contribution in [0.2, 0.25) is 0 Å². The maximum atomic E-state index is 11.8. The summed E-state index contributed by atoms with van der Waals surface area (Å²) < 4.78 is 0. The Morgan fingerprint density at radius 3 is 3.00 bits per heavy atom. The maximum Gasteiger partial charge on any atom is 0.220 e. The standard InChI is InChI=1S/C14H20N4OS/c1-3-14-18-10(2)12(20-14)9-15-13(19)6-4-5-11-7-16-17-8-11/h7-8H,3-6,9H2,1-2H3,(H,15,19)(H,16,17). The van der Waals surface area contributed by atoms with Crippen LogP contribution < -0.4 is 5.32 Å². The van der Waals surface area contributed by atoms with E-state index in [9.17, 15) is 4.79 Å². The van der Waals surface area contributed by atoms with Gasteiger partial charge in [0.25, 0.3) is 0 Å². The van der Waals surface area contributed by atoms with Gasteiger partial charge in [0.15, 0.2) is 0 Å². The number of aryl methyl sites for hydroxylation is 3. The van der Waals surface area contributed by atoms with Gasteiger partial charge in [-0.05, 0) is 31.7 Å². The second-order valence-electron chi connectivity index (χ2n) is 4.71. The minimum absolute atomic E-state index is 0.0966. The third kappa shape index (κ3) is 4.16. The molecule has 20 heavy (non-hydrogen) atoms. The number of amides is 1. The van der Waals surface area contributed by atoms with E-state index in [2.05, 4.69) is 27.4 Å². The van der Waals surface area contributed by atoms with E-state index in [0.717, 1.165) is 40.4 Å². The molecule has 0 unspecified atom stereocenters. The minimum atomic E-state index is 0.0966. The average molecular weight is 292 g/mol. The largest absolute Gasteiger partial charge is 0.351 e. The second-order valence-corrected chi connectivity index (χ2v) is 5.87. The number of nitrogens with one attached hydrogen (secondary N) is 2. The number of rotatable bonds is 7. The lowest BCUT2D eigenvalue weighted by Gasteiger charge is -2.03. The van der Waals surface area contributed by atoms with Crippen molar-refractivity contribution in [3.8, 4) is 0 Å². The van der Waals surface area contributed by atoms with Crippen LogP contribution in [0.4, 0.5) is 0 Å². The van der Waals surface area contributed by atoms with Crippen molar-refractivity contribution >= 4 is 17.2 Å². The number of aromatic nitrogens is 3. The highest BCUT2D eigenvalue weighted by Gasteiger charge is 2.08. The Hall–Kier alpha value is -1.69. The van der Waals surface area contributed by atoms with E-state index in [-0.39, 0.29) is 5.91 Å². The van der Waals surface area contributed by atoms with E-state index < -0.39 is 0 Å². The lowest BCUT2D eigenvalue weighted by molar-refractivity contribution is -0.121. The van der Waals surface area contributed by atoms with E-state index in [4.69, 9.17) is 0 Å². The van der Waals surface area contributed by atoms with Crippen LogP contribution in [0.1, 0.15) is 40.9 Å². The van der Waals surface area contributed by atoms with Crippen LogP contribution in [0.15, 0.2) is 12.4 Å². The molecule has 2 aromatic heterocycles. The summed E-state index contributed by atoms with van der Waals surface area (Å²) in [6.07, 6.45) is 6.88. The summed E-state index contributed by atoms with van der Waals surface area (Å²) in [6, 6.07) is 0. The van der Waals surface area contributed by atoms with Crippen molar-refractivity contribution in [3.05, 3.63) is 33.5 Å². The topological polar surface area (TPSA) is 70.7 Å². The van der Waals surface area contributed by atoms with Crippen molar-refractivity contribution in [2.75, 3.05) is 0 Å². The van der Waals surface area contributed by atoms with Gasteiger partial charge in [0.2, 0.25) is 5.91 Å². The van der Waals surface area contributed by atoms with Crippen LogP contribution in [-0.2, 0) is 24.2 Å². The number of carbonyl (C=O) groups excluding carboxylic acids is 1. The summed E-state index contributed by atoms with van der Waals surface area (Å²) >= 11 is 1.69. The number of hydrogen-bond donors (Lipinski definition) is 2. The van der Waals surface area contributed by atoms with Crippen LogP contribution in [0.3, 0.4) is 0 Å². The molecule has 1 amide bonds. The number of aromatic amines is 1. The molecule has 2 heterocycles. The first-order chi connectivity index (χ1) is 9.69. The molecule has 6 heteroatoms. The van der Waals surface area contributed by atoms with Gasteiger partial charge in [0.05, 0.1) is 23.4 Å². The number of H-pyrrole nitrogens is 1. The van der Waals surface area contributed by atoms with Gasteiger partial charge in [-0.3, -0.25) is 9.89 Å². The molecule has 0 saturated heterocycles. The molecule has 0 fully saturated rings. The Balaban J connectivity index is 1.70. The van der Waals surface area contributed by atoms with Crippen LogP contribution in [0.5, 0.6) is 0 Å². The molecule has 0 atom stereocenters. The zero-order valence-corrected chi connectivity index (χ0v) is 12.7. The molecule has 0 saturated carbocycles. The first kappa shape index (κ1) is 14.7. The summed E-state index contributed by atoms with van der Waals surface area (Å²) in [7, 11) is 0. The zero-order chi connectivity index (χ0) is 14.4. The van der Waals surface area contributed by atoms with Gasteiger partial charge in [-0.2, -0.15) is 5.10 Å². The van der Waals surface area contributed by atoms with Crippen molar-refractivity contribution in [2.45, 2.75) is 46.1 Å². The monoisotopic (exact) mass is 292 g/mol. The molecule has 0 aliphatic heterocycles.